The summed E-state index contributed by atoms with van der Waals surface area (Å²) in [7, 11) is 0. The van der Waals surface area contributed by atoms with Crippen molar-refractivity contribution in [1.29, 1.82) is 0 Å². The molecule has 19 heavy (non-hydrogen) atoms. The first-order valence-electron chi connectivity index (χ1n) is 6.38. The van der Waals surface area contributed by atoms with Crippen LogP contribution < -0.4 is 5.32 Å². The molecule has 3 heteroatoms. The average molecular weight is 259 g/mol. The van der Waals surface area contributed by atoms with Crippen LogP contribution in [0, 0.1) is 5.82 Å². The Bertz CT molecular complexity index is 507. The third-order valence-corrected chi connectivity index (χ3v) is 3.00. The lowest BCUT2D eigenvalue weighted by molar-refractivity contribution is 0.282. The first-order chi connectivity index (χ1) is 9.17. The molecule has 2 nitrogen and oxygen atoms in total. The van der Waals surface area contributed by atoms with Gasteiger partial charge in [-0.05, 0) is 48.7 Å². The van der Waals surface area contributed by atoms with Crippen LogP contribution in [0.5, 0.6) is 0 Å². The molecule has 2 N–H and O–H groups in total. The lowest BCUT2D eigenvalue weighted by atomic mass is 10.1. The summed E-state index contributed by atoms with van der Waals surface area (Å²) in [5.41, 5.74) is 3.02. The number of anilines is 1. The molecule has 0 amide bonds. The normalized spacial score (nSPS) is 12.2. The molecule has 0 spiro atoms. The minimum atomic E-state index is -0.205. The number of hydrogen-bond donors (Lipinski definition) is 2. The molecule has 100 valence electrons. The van der Waals surface area contributed by atoms with Crippen molar-refractivity contribution < 1.29 is 9.50 Å². The van der Waals surface area contributed by atoms with Gasteiger partial charge >= 0.3 is 0 Å². The summed E-state index contributed by atoms with van der Waals surface area (Å²) in [6.45, 7) is 2.15. The second kappa shape index (κ2) is 6.34. The quantitative estimate of drug-likeness (QED) is 0.863. The molecule has 0 saturated carbocycles. The first kappa shape index (κ1) is 13.6. The molecule has 1 atom stereocenters. The Morgan fingerprint density at radius 1 is 1.00 bits per heavy atom. The standard InChI is InChI=1S/C16H18FNO/c1-12(10-13-2-6-15(17)7-3-13)18-16-8-4-14(11-19)5-9-16/h2-9,12,18-19H,10-11H2,1H3. The molecule has 0 radical (unpaired) electrons. The maximum atomic E-state index is 12.8. The fourth-order valence-corrected chi connectivity index (χ4v) is 2.02. The molecular formula is C16H18FNO. The minimum absolute atomic E-state index is 0.0609. The van der Waals surface area contributed by atoms with Crippen LogP contribution in [-0.2, 0) is 13.0 Å². The van der Waals surface area contributed by atoms with Gasteiger partial charge in [-0.25, -0.2) is 4.39 Å². The second-order valence-corrected chi connectivity index (χ2v) is 4.73. The Morgan fingerprint density at radius 2 is 1.58 bits per heavy atom. The van der Waals surface area contributed by atoms with E-state index in [0.29, 0.717) is 0 Å². The molecule has 0 aliphatic carbocycles. The van der Waals surface area contributed by atoms with Gasteiger partial charge < -0.3 is 10.4 Å². The smallest absolute Gasteiger partial charge is 0.123 e. The van der Waals surface area contributed by atoms with E-state index in [4.69, 9.17) is 5.11 Å². The molecule has 0 fully saturated rings. The third kappa shape index (κ3) is 4.07. The Labute approximate surface area is 112 Å². The summed E-state index contributed by atoms with van der Waals surface area (Å²) in [5.74, 6) is -0.205. The Morgan fingerprint density at radius 3 is 2.16 bits per heavy atom. The summed E-state index contributed by atoms with van der Waals surface area (Å²) in [6.07, 6.45) is 0.835. The molecule has 2 aromatic carbocycles. The molecule has 0 saturated heterocycles. The Balaban J connectivity index is 1.92. The maximum Gasteiger partial charge on any atom is 0.123 e. The van der Waals surface area contributed by atoms with E-state index in [-0.39, 0.29) is 18.5 Å². The fraction of sp³-hybridized carbons (Fsp3) is 0.250. The van der Waals surface area contributed by atoms with Crippen molar-refractivity contribution >= 4 is 5.69 Å². The highest BCUT2D eigenvalue weighted by Gasteiger charge is 2.04. The SMILES string of the molecule is CC(Cc1ccc(F)cc1)Nc1ccc(CO)cc1. The lowest BCUT2D eigenvalue weighted by Gasteiger charge is -2.15. The van der Waals surface area contributed by atoms with E-state index in [2.05, 4.69) is 12.2 Å². The van der Waals surface area contributed by atoms with Crippen LogP contribution in [0.15, 0.2) is 48.5 Å². The Kier molecular flexibility index (Phi) is 4.53. The summed E-state index contributed by atoms with van der Waals surface area (Å²) >= 11 is 0. The van der Waals surface area contributed by atoms with Crippen molar-refractivity contribution in [3.8, 4) is 0 Å². The van der Waals surface area contributed by atoms with Crippen LogP contribution in [0.2, 0.25) is 0 Å². The molecule has 1 unspecified atom stereocenters. The van der Waals surface area contributed by atoms with Crippen LogP contribution in [0.25, 0.3) is 0 Å². The summed E-state index contributed by atoms with van der Waals surface area (Å²) in [4.78, 5) is 0. The zero-order valence-corrected chi connectivity index (χ0v) is 10.9. The van der Waals surface area contributed by atoms with Crippen molar-refractivity contribution in [3.05, 3.63) is 65.5 Å². The zero-order valence-electron chi connectivity index (χ0n) is 10.9. The molecule has 2 rings (SSSR count). The van der Waals surface area contributed by atoms with Gasteiger partial charge in [0.1, 0.15) is 5.82 Å². The van der Waals surface area contributed by atoms with E-state index in [1.807, 2.05) is 36.4 Å². The summed E-state index contributed by atoms with van der Waals surface area (Å²) in [5, 5.41) is 12.4. The second-order valence-electron chi connectivity index (χ2n) is 4.73. The maximum absolute atomic E-state index is 12.8. The number of aliphatic hydroxyl groups is 1. The van der Waals surface area contributed by atoms with E-state index in [1.54, 1.807) is 0 Å². The van der Waals surface area contributed by atoms with E-state index < -0.39 is 0 Å². The van der Waals surface area contributed by atoms with Gasteiger partial charge in [-0.15, -0.1) is 0 Å². The Hall–Kier alpha value is -1.87. The highest BCUT2D eigenvalue weighted by molar-refractivity contribution is 5.45. The third-order valence-electron chi connectivity index (χ3n) is 3.00. The predicted octanol–water partition coefficient (Wildman–Crippen LogP) is 3.36. The number of hydrogen-bond acceptors (Lipinski definition) is 2. The molecule has 2 aromatic rings. The van der Waals surface area contributed by atoms with E-state index in [1.165, 1.54) is 12.1 Å². The van der Waals surface area contributed by atoms with E-state index in [0.717, 1.165) is 23.2 Å². The number of aliphatic hydroxyl groups excluding tert-OH is 1. The van der Waals surface area contributed by atoms with Crippen molar-refractivity contribution in [2.24, 2.45) is 0 Å². The van der Waals surface area contributed by atoms with Crippen LogP contribution in [0.1, 0.15) is 18.1 Å². The predicted molar refractivity (Wildman–Crippen MR) is 75.6 cm³/mol. The van der Waals surface area contributed by atoms with E-state index >= 15 is 0 Å². The molecule has 0 aromatic heterocycles. The van der Waals surface area contributed by atoms with Gasteiger partial charge in [-0.3, -0.25) is 0 Å². The van der Waals surface area contributed by atoms with E-state index in [9.17, 15) is 4.39 Å². The highest BCUT2D eigenvalue weighted by atomic mass is 19.1. The number of halogens is 1. The van der Waals surface area contributed by atoms with Gasteiger partial charge in [0.05, 0.1) is 6.61 Å². The summed E-state index contributed by atoms with van der Waals surface area (Å²) in [6, 6.07) is 14.5. The highest BCUT2D eigenvalue weighted by Crippen LogP contribution is 2.13. The van der Waals surface area contributed by atoms with Gasteiger partial charge in [0, 0.05) is 11.7 Å². The number of rotatable bonds is 5. The van der Waals surface area contributed by atoms with Gasteiger partial charge in [0.15, 0.2) is 0 Å². The van der Waals surface area contributed by atoms with Crippen LogP contribution in [0.3, 0.4) is 0 Å². The fourth-order valence-electron chi connectivity index (χ4n) is 2.02. The van der Waals surface area contributed by atoms with Gasteiger partial charge in [-0.1, -0.05) is 24.3 Å². The van der Waals surface area contributed by atoms with Crippen molar-refractivity contribution in [2.45, 2.75) is 26.0 Å². The van der Waals surface area contributed by atoms with Crippen LogP contribution in [0.4, 0.5) is 10.1 Å². The lowest BCUT2D eigenvalue weighted by Crippen LogP contribution is -2.18. The van der Waals surface area contributed by atoms with Crippen LogP contribution >= 0.6 is 0 Å². The molecule has 0 heterocycles. The zero-order chi connectivity index (χ0) is 13.7. The van der Waals surface area contributed by atoms with Crippen LogP contribution in [-0.4, -0.2) is 11.1 Å². The van der Waals surface area contributed by atoms with Gasteiger partial charge in [0.2, 0.25) is 0 Å². The molecule has 0 aliphatic rings. The topological polar surface area (TPSA) is 32.3 Å². The van der Waals surface area contributed by atoms with Gasteiger partial charge in [-0.2, -0.15) is 0 Å². The van der Waals surface area contributed by atoms with Gasteiger partial charge in [0.25, 0.3) is 0 Å². The van der Waals surface area contributed by atoms with Crippen molar-refractivity contribution in [1.82, 2.24) is 0 Å². The molecule has 0 aliphatic heterocycles. The minimum Gasteiger partial charge on any atom is -0.392 e. The first-order valence-corrected chi connectivity index (χ1v) is 6.38. The molecular weight excluding hydrogens is 241 g/mol. The number of nitrogens with one attached hydrogen (secondary N) is 1. The largest absolute Gasteiger partial charge is 0.392 e. The molecule has 0 bridgehead atoms. The number of benzene rings is 2. The summed E-state index contributed by atoms with van der Waals surface area (Å²) < 4.78 is 12.8. The monoisotopic (exact) mass is 259 g/mol. The average Bonchev–Trinajstić information content (AvgIpc) is 2.42. The van der Waals surface area contributed by atoms with Crippen molar-refractivity contribution in [2.75, 3.05) is 5.32 Å². The van der Waals surface area contributed by atoms with Crippen molar-refractivity contribution in [3.63, 3.8) is 0 Å².